The number of fused-ring (bicyclic) bond motifs is 2. The second-order valence-electron chi connectivity index (χ2n) is 13.9. The molecular formula is C39H37ClF2N8O4S2. The van der Waals surface area contributed by atoms with Gasteiger partial charge in [0.05, 0.1) is 45.2 Å². The Bertz CT molecular complexity index is 2650. The number of anilines is 1. The molecule has 56 heavy (non-hydrogen) atoms. The van der Waals surface area contributed by atoms with E-state index in [4.69, 9.17) is 11.6 Å². The summed E-state index contributed by atoms with van der Waals surface area (Å²) in [7, 11) is -3.79. The molecule has 1 saturated heterocycles. The highest BCUT2D eigenvalue weighted by Crippen LogP contribution is 2.42. The number of alkyl halides is 2. The zero-order valence-corrected chi connectivity index (χ0v) is 33.2. The normalized spacial score (nSPS) is 16.2. The van der Waals surface area contributed by atoms with Gasteiger partial charge in [0.2, 0.25) is 10.0 Å². The van der Waals surface area contributed by atoms with E-state index >= 15 is 0 Å². The van der Waals surface area contributed by atoms with Crippen molar-refractivity contribution in [3.63, 3.8) is 0 Å². The predicted octanol–water partition coefficient (Wildman–Crippen LogP) is 6.12. The van der Waals surface area contributed by atoms with Crippen LogP contribution in [0.3, 0.4) is 0 Å². The summed E-state index contributed by atoms with van der Waals surface area (Å²) in [5.41, 5.74) is 2.35. The molecule has 0 bridgehead atoms. The second kappa shape index (κ2) is 15.5. The van der Waals surface area contributed by atoms with Crippen LogP contribution in [0.2, 0.25) is 5.02 Å². The van der Waals surface area contributed by atoms with Crippen LogP contribution in [0.4, 0.5) is 14.6 Å². The first kappa shape index (κ1) is 39.2. The molecule has 2 fully saturated rings. The highest BCUT2D eigenvalue weighted by atomic mass is 35.5. The molecule has 1 saturated carbocycles. The van der Waals surface area contributed by atoms with E-state index in [0.717, 1.165) is 12.8 Å². The Balaban J connectivity index is 1.18. The van der Waals surface area contributed by atoms with Crippen LogP contribution in [-0.2, 0) is 16.6 Å². The Morgan fingerprint density at radius 2 is 1.91 bits per heavy atom. The third-order valence-electron chi connectivity index (χ3n) is 10.5. The van der Waals surface area contributed by atoms with E-state index in [2.05, 4.69) is 42.5 Å². The van der Waals surface area contributed by atoms with E-state index in [9.17, 15) is 32.0 Å². The van der Waals surface area contributed by atoms with Gasteiger partial charge in [0, 0.05) is 77.8 Å². The minimum atomic E-state index is -3.79. The fraction of sp³-hybridized carbons (Fsp3) is 0.385. The van der Waals surface area contributed by atoms with Gasteiger partial charge in [0.25, 0.3) is 17.4 Å². The largest absolute Gasteiger partial charge is 0.353 e. The van der Waals surface area contributed by atoms with Gasteiger partial charge in [-0.2, -0.15) is 5.26 Å². The fourth-order valence-electron chi connectivity index (χ4n) is 7.49. The number of likely N-dealkylation sites (tertiary alicyclic amines) is 1. The maximum absolute atomic E-state index is 14.2. The van der Waals surface area contributed by atoms with Gasteiger partial charge in [-0.25, -0.2) is 31.9 Å². The topological polar surface area (TPSA) is 154 Å². The molecule has 7 rings (SSSR count). The van der Waals surface area contributed by atoms with Crippen LogP contribution in [-0.4, -0.2) is 82.1 Å². The lowest BCUT2D eigenvalue weighted by atomic mass is 9.85. The Morgan fingerprint density at radius 1 is 1.16 bits per heavy atom. The van der Waals surface area contributed by atoms with Gasteiger partial charge >= 0.3 is 0 Å². The van der Waals surface area contributed by atoms with Crippen LogP contribution < -0.4 is 15.2 Å². The lowest BCUT2D eigenvalue weighted by Gasteiger charge is -2.47. The number of halogens is 3. The van der Waals surface area contributed by atoms with Crippen LogP contribution in [0.25, 0.3) is 32.2 Å². The molecule has 290 valence electrons. The summed E-state index contributed by atoms with van der Waals surface area (Å²) < 4.78 is 55.3. The number of carbonyl (C=O) groups excluding carboxylic acids is 1. The Labute approximate surface area is 331 Å². The van der Waals surface area contributed by atoms with E-state index in [1.165, 1.54) is 35.2 Å². The maximum Gasteiger partial charge on any atom is 0.267 e. The molecule has 4 aromatic heterocycles. The van der Waals surface area contributed by atoms with Crippen molar-refractivity contribution < 1.29 is 22.0 Å². The molecule has 5 heterocycles. The molecule has 0 unspecified atom stereocenters. The number of nitriles is 1. The molecule has 12 nitrogen and oxygen atoms in total. The van der Waals surface area contributed by atoms with Crippen molar-refractivity contribution in [1.82, 2.24) is 29.1 Å². The first-order valence-electron chi connectivity index (χ1n) is 18.1. The number of rotatable bonds is 9. The van der Waals surface area contributed by atoms with E-state index in [1.807, 2.05) is 11.8 Å². The van der Waals surface area contributed by atoms with Gasteiger partial charge < -0.3 is 4.90 Å². The molecule has 1 N–H and O–H groups in total. The number of sulfonamides is 1. The standard InChI is InChI=1S/C39H37ClF2N8O4S2/c1-4-49(26-11-15-48(16-12-26)27-18-39(41,42)19-27)36-30(20-43)33-32(21-45-36)46-23(3)50(38(33)52)14-6-7-24-8-9-25(40)17-29(24)28-10-13-44-34-31(22-55-35(28)34)37(51)47-56(53,54)5-2/h8-10,13,17,21-22,26-27H,4-5,11-12,14-16,18-19H2,1-3H3,(H,47,51). The summed E-state index contributed by atoms with van der Waals surface area (Å²) >= 11 is 7.68. The molecule has 1 aromatic carbocycles. The van der Waals surface area contributed by atoms with Crippen molar-refractivity contribution in [3.8, 4) is 29.0 Å². The molecule has 5 aromatic rings. The molecule has 0 atom stereocenters. The first-order chi connectivity index (χ1) is 26.7. The SMILES string of the molecule is CCN(c1ncc2nc(C)n(CC#Cc3ccc(Cl)cc3-c3ccnc4c(C(=O)NS(=O)(=O)CC)csc34)c(=O)c2c1C#N)C1CCN(C2CC(F)(F)C2)CC1. The number of aromatic nitrogens is 4. The van der Waals surface area contributed by atoms with Crippen molar-refractivity contribution in [2.24, 2.45) is 0 Å². The lowest BCUT2D eigenvalue weighted by Crippen LogP contribution is -2.55. The quantitative estimate of drug-likeness (QED) is 0.172. The Kier molecular flexibility index (Phi) is 10.9. The number of nitrogens with zero attached hydrogens (tertiary/aromatic N) is 7. The van der Waals surface area contributed by atoms with Crippen LogP contribution >= 0.6 is 22.9 Å². The van der Waals surface area contributed by atoms with E-state index in [1.54, 1.807) is 36.6 Å². The van der Waals surface area contributed by atoms with Gasteiger partial charge in [-0.3, -0.25) is 24.0 Å². The highest BCUT2D eigenvalue weighted by molar-refractivity contribution is 7.90. The molecule has 0 radical (unpaired) electrons. The summed E-state index contributed by atoms with van der Waals surface area (Å²) in [6, 6.07) is 9.07. The minimum Gasteiger partial charge on any atom is -0.353 e. The van der Waals surface area contributed by atoms with Crippen LogP contribution in [0, 0.1) is 30.1 Å². The highest BCUT2D eigenvalue weighted by Gasteiger charge is 2.48. The third-order valence-corrected chi connectivity index (χ3v) is 13.0. The predicted molar refractivity (Wildman–Crippen MR) is 213 cm³/mol. The van der Waals surface area contributed by atoms with Crippen molar-refractivity contribution in [2.75, 3.05) is 30.3 Å². The van der Waals surface area contributed by atoms with Gasteiger partial charge in [-0.05, 0) is 57.9 Å². The number of hydrogen-bond donors (Lipinski definition) is 1. The number of pyridine rings is 2. The number of aryl methyl sites for hydroxylation is 1. The van der Waals surface area contributed by atoms with E-state index < -0.39 is 27.4 Å². The zero-order valence-electron chi connectivity index (χ0n) is 30.8. The Morgan fingerprint density at radius 3 is 2.59 bits per heavy atom. The van der Waals surface area contributed by atoms with Gasteiger partial charge in [-0.1, -0.05) is 23.4 Å². The summed E-state index contributed by atoms with van der Waals surface area (Å²) in [6.07, 6.45) is 4.27. The zero-order chi connectivity index (χ0) is 39.9. The second-order valence-corrected chi connectivity index (χ2v) is 17.2. The molecule has 0 spiro atoms. The molecular weight excluding hydrogens is 782 g/mol. The van der Waals surface area contributed by atoms with E-state index in [-0.39, 0.29) is 53.7 Å². The van der Waals surface area contributed by atoms with Gasteiger partial charge in [0.15, 0.2) is 0 Å². The van der Waals surface area contributed by atoms with Crippen molar-refractivity contribution in [2.45, 2.75) is 71.0 Å². The summed E-state index contributed by atoms with van der Waals surface area (Å²) in [6.45, 7) is 6.91. The molecule has 2 aliphatic rings. The molecule has 1 amide bonds. The van der Waals surface area contributed by atoms with Crippen molar-refractivity contribution >= 4 is 65.8 Å². The van der Waals surface area contributed by atoms with Crippen LogP contribution in [0.1, 0.15) is 66.8 Å². The van der Waals surface area contributed by atoms with E-state index in [0.29, 0.717) is 68.7 Å². The number of thiophene rings is 1. The number of amides is 1. The average molecular weight is 819 g/mol. The number of hydrogen-bond acceptors (Lipinski definition) is 11. The molecule has 1 aliphatic heterocycles. The maximum atomic E-state index is 14.2. The average Bonchev–Trinajstić information content (AvgIpc) is 3.61. The van der Waals surface area contributed by atoms with Crippen molar-refractivity contribution in [3.05, 3.63) is 79.9 Å². The molecule has 17 heteroatoms. The number of benzene rings is 1. The summed E-state index contributed by atoms with van der Waals surface area (Å²) in [4.78, 5) is 44.8. The number of nitrogens with one attached hydrogen (secondary N) is 1. The van der Waals surface area contributed by atoms with Gasteiger partial charge in [0.1, 0.15) is 23.3 Å². The summed E-state index contributed by atoms with van der Waals surface area (Å²) in [5.74, 6) is 3.42. The van der Waals surface area contributed by atoms with Crippen LogP contribution in [0.15, 0.2) is 46.8 Å². The number of carbonyl (C=O) groups is 1. The summed E-state index contributed by atoms with van der Waals surface area (Å²) in [5, 5.41) is 12.6. The molecule has 1 aliphatic carbocycles. The smallest absolute Gasteiger partial charge is 0.267 e. The first-order valence-corrected chi connectivity index (χ1v) is 21.0. The third kappa shape index (κ3) is 7.59. The number of piperidine rings is 1. The lowest BCUT2D eigenvalue weighted by molar-refractivity contribution is -0.127. The van der Waals surface area contributed by atoms with Crippen LogP contribution in [0.5, 0.6) is 0 Å². The minimum absolute atomic E-state index is 0.0192. The monoisotopic (exact) mass is 818 g/mol. The van der Waals surface area contributed by atoms with Gasteiger partial charge in [-0.15, -0.1) is 11.3 Å². The Hall–Kier alpha value is -5.00. The fourth-order valence-corrected chi connectivity index (χ4v) is 9.23. The van der Waals surface area contributed by atoms with Crippen molar-refractivity contribution in [1.29, 1.82) is 5.26 Å².